The molecular formula is C23H18F5N3O3. The Kier molecular flexibility index (Phi) is 5.12. The highest BCUT2D eigenvalue weighted by atomic mass is 19.4. The number of ether oxygens (including phenoxy) is 1. The third-order valence-electron chi connectivity index (χ3n) is 6.34. The zero-order chi connectivity index (χ0) is 24.4. The summed E-state index contributed by atoms with van der Waals surface area (Å²) in [5, 5.41) is 0.115. The Morgan fingerprint density at radius 3 is 2.47 bits per heavy atom. The molecule has 0 radical (unpaired) electrons. The van der Waals surface area contributed by atoms with E-state index in [1.807, 2.05) is 0 Å². The molecule has 1 aromatic heterocycles. The second-order valence-corrected chi connectivity index (χ2v) is 8.42. The van der Waals surface area contributed by atoms with Gasteiger partial charge in [0.2, 0.25) is 0 Å². The van der Waals surface area contributed by atoms with E-state index in [1.54, 1.807) is 0 Å². The number of halogens is 5. The number of aromatic amines is 1. The molecule has 0 spiro atoms. The number of alkyl halides is 3. The van der Waals surface area contributed by atoms with E-state index >= 15 is 0 Å². The van der Waals surface area contributed by atoms with Crippen LogP contribution in [0.3, 0.4) is 0 Å². The summed E-state index contributed by atoms with van der Waals surface area (Å²) in [6, 6.07) is 3.91. The molecule has 0 saturated carbocycles. The van der Waals surface area contributed by atoms with E-state index in [9.17, 15) is 31.5 Å². The number of hydrogen-bond acceptors (Lipinski definition) is 3. The van der Waals surface area contributed by atoms with Crippen molar-refractivity contribution in [3.05, 3.63) is 80.3 Å². The van der Waals surface area contributed by atoms with Crippen molar-refractivity contribution in [2.24, 2.45) is 0 Å². The maximum absolute atomic E-state index is 14.1. The summed E-state index contributed by atoms with van der Waals surface area (Å²) in [4.78, 5) is 31.0. The number of aromatic nitrogens is 1. The topological polar surface area (TPSA) is 65.6 Å². The molecule has 1 atom stereocenters. The van der Waals surface area contributed by atoms with E-state index in [-0.39, 0.29) is 37.1 Å². The standard InChI is InChI=1S/C23H18F5N3O3/c1-30(22(33)31-7-11-2-3-13(23(26,27)28)4-12(11)8-31)19-10-34-9-18-20(19)14-5-16(24)17(25)6-15(14)21(32)29-18/h2-6,19H,7-10H2,1H3,(H,29,32). The predicted octanol–water partition coefficient (Wildman–Crippen LogP) is 4.46. The van der Waals surface area contributed by atoms with Gasteiger partial charge in [0, 0.05) is 31.4 Å². The summed E-state index contributed by atoms with van der Waals surface area (Å²) < 4.78 is 72.6. The minimum atomic E-state index is -4.49. The normalized spacial score (nSPS) is 17.6. The maximum Gasteiger partial charge on any atom is 0.416 e. The predicted molar refractivity (Wildman–Crippen MR) is 111 cm³/mol. The number of hydrogen-bond donors (Lipinski definition) is 1. The van der Waals surface area contributed by atoms with Crippen molar-refractivity contribution in [2.75, 3.05) is 13.7 Å². The van der Waals surface area contributed by atoms with E-state index in [0.717, 1.165) is 24.3 Å². The Balaban J connectivity index is 1.48. The van der Waals surface area contributed by atoms with Crippen LogP contribution in [0.4, 0.5) is 26.7 Å². The lowest BCUT2D eigenvalue weighted by atomic mass is 9.95. The first-order valence-corrected chi connectivity index (χ1v) is 10.4. The lowest BCUT2D eigenvalue weighted by Crippen LogP contribution is -2.43. The van der Waals surface area contributed by atoms with Gasteiger partial charge in [-0.25, -0.2) is 13.6 Å². The van der Waals surface area contributed by atoms with Gasteiger partial charge in [0.15, 0.2) is 11.6 Å². The van der Waals surface area contributed by atoms with Gasteiger partial charge >= 0.3 is 12.2 Å². The van der Waals surface area contributed by atoms with Gasteiger partial charge in [-0.3, -0.25) is 4.79 Å². The van der Waals surface area contributed by atoms with Crippen molar-refractivity contribution in [2.45, 2.75) is 31.9 Å². The van der Waals surface area contributed by atoms with E-state index in [0.29, 0.717) is 22.4 Å². The first kappa shape index (κ1) is 22.3. The molecule has 11 heteroatoms. The molecule has 0 bridgehead atoms. The minimum absolute atomic E-state index is 0.00489. The van der Waals surface area contributed by atoms with E-state index < -0.39 is 41.0 Å². The van der Waals surface area contributed by atoms with Gasteiger partial charge in [-0.2, -0.15) is 13.2 Å². The van der Waals surface area contributed by atoms with Crippen LogP contribution in [0.15, 0.2) is 35.1 Å². The van der Waals surface area contributed by atoms with Crippen molar-refractivity contribution in [1.29, 1.82) is 0 Å². The second kappa shape index (κ2) is 7.79. The monoisotopic (exact) mass is 479 g/mol. The summed E-state index contributed by atoms with van der Waals surface area (Å²) >= 11 is 0. The first-order chi connectivity index (χ1) is 16.0. The van der Waals surface area contributed by atoms with Crippen molar-refractivity contribution in [1.82, 2.24) is 14.8 Å². The van der Waals surface area contributed by atoms with E-state index in [2.05, 4.69) is 4.98 Å². The van der Waals surface area contributed by atoms with Crippen LogP contribution in [0.25, 0.3) is 10.8 Å². The number of pyridine rings is 1. The molecule has 0 fully saturated rings. The van der Waals surface area contributed by atoms with Crippen molar-refractivity contribution < 1.29 is 31.5 Å². The van der Waals surface area contributed by atoms with Crippen LogP contribution >= 0.6 is 0 Å². The smallest absolute Gasteiger partial charge is 0.373 e. The van der Waals surface area contributed by atoms with Gasteiger partial charge in [0.1, 0.15) is 0 Å². The van der Waals surface area contributed by atoms with Gasteiger partial charge < -0.3 is 19.5 Å². The number of benzene rings is 2. The average Bonchev–Trinajstić information content (AvgIpc) is 3.22. The minimum Gasteiger partial charge on any atom is -0.373 e. The Morgan fingerprint density at radius 1 is 1.09 bits per heavy atom. The van der Waals surface area contributed by atoms with Crippen LogP contribution < -0.4 is 5.56 Å². The van der Waals surface area contributed by atoms with Crippen molar-refractivity contribution in [3.8, 4) is 0 Å². The number of carbonyl (C=O) groups is 1. The van der Waals surface area contributed by atoms with Gasteiger partial charge in [0.25, 0.3) is 5.56 Å². The molecule has 0 saturated heterocycles. The fraction of sp³-hybridized carbons (Fsp3) is 0.304. The quantitative estimate of drug-likeness (QED) is 0.524. The molecule has 2 amide bonds. The molecule has 3 heterocycles. The molecule has 2 aliphatic rings. The van der Waals surface area contributed by atoms with Crippen LogP contribution in [0.2, 0.25) is 0 Å². The molecular weight excluding hydrogens is 461 g/mol. The lowest BCUT2D eigenvalue weighted by Gasteiger charge is -2.35. The van der Waals surface area contributed by atoms with Gasteiger partial charge in [-0.1, -0.05) is 6.07 Å². The fourth-order valence-corrected chi connectivity index (χ4v) is 4.61. The Bertz CT molecular complexity index is 1380. The highest BCUT2D eigenvalue weighted by Crippen LogP contribution is 2.36. The van der Waals surface area contributed by atoms with Crippen molar-refractivity contribution >= 4 is 16.8 Å². The van der Waals surface area contributed by atoms with Crippen LogP contribution in [0.5, 0.6) is 0 Å². The van der Waals surface area contributed by atoms with Gasteiger partial charge in [-0.05, 0) is 40.8 Å². The SMILES string of the molecule is CN(C(=O)N1Cc2ccc(C(F)(F)F)cc2C1)C1COCc2[nH]c(=O)c3cc(F)c(F)cc3c21. The lowest BCUT2D eigenvalue weighted by molar-refractivity contribution is -0.137. The molecule has 2 aromatic carbocycles. The summed E-state index contributed by atoms with van der Waals surface area (Å²) in [6.07, 6.45) is -4.49. The van der Waals surface area contributed by atoms with Gasteiger partial charge in [-0.15, -0.1) is 0 Å². The Morgan fingerprint density at radius 2 is 1.76 bits per heavy atom. The largest absolute Gasteiger partial charge is 0.416 e. The van der Waals surface area contributed by atoms with Crippen LogP contribution in [0, 0.1) is 11.6 Å². The third kappa shape index (κ3) is 3.60. The number of likely N-dealkylation sites (N-methyl/N-ethyl adjacent to an activating group) is 1. The zero-order valence-electron chi connectivity index (χ0n) is 17.8. The molecule has 3 aromatic rings. The molecule has 6 nitrogen and oxygen atoms in total. The highest BCUT2D eigenvalue weighted by molar-refractivity contribution is 5.87. The molecule has 178 valence electrons. The first-order valence-electron chi connectivity index (χ1n) is 10.4. The number of carbonyl (C=O) groups excluding carboxylic acids is 1. The van der Waals surface area contributed by atoms with Crippen LogP contribution in [0.1, 0.15) is 34.0 Å². The molecule has 34 heavy (non-hydrogen) atoms. The molecule has 5 rings (SSSR count). The molecule has 0 aliphatic carbocycles. The number of fused-ring (bicyclic) bond motifs is 4. The number of urea groups is 1. The highest BCUT2D eigenvalue weighted by Gasteiger charge is 2.36. The fourth-order valence-electron chi connectivity index (χ4n) is 4.61. The van der Waals surface area contributed by atoms with Gasteiger partial charge in [0.05, 0.1) is 30.2 Å². The van der Waals surface area contributed by atoms with Crippen LogP contribution in [-0.4, -0.2) is 34.5 Å². The number of nitrogens with one attached hydrogen (secondary N) is 1. The second-order valence-electron chi connectivity index (χ2n) is 8.42. The van der Waals surface area contributed by atoms with E-state index in [1.165, 1.54) is 22.9 Å². The molecule has 1 N–H and O–H groups in total. The summed E-state index contributed by atoms with van der Waals surface area (Å²) in [7, 11) is 1.49. The number of amides is 2. The number of nitrogens with zero attached hydrogens (tertiary/aromatic N) is 2. The maximum atomic E-state index is 14.1. The number of rotatable bonds is 1. The third-order valence-corrected chi connectivity index (χ3v) is 6.34. The Hall–Kier alpha value is -3.47. The molecule has 1 unspecified atom stereocenters. The average molecular weight is 479 g/mol. The zero-order valence-corrected chi connectivity index (χ0v) is 17.8. The summed E-state index contributed by atoms with van der Waals surface area (Å²) in [6.45, 7) is 0.181. The van der Waals surface area contributed by atoms with Crippen molar-refractivity contribution in [3.63, 3.8) is 0 Å². The summed E-state index contributed by atoms with van der Waals surface area (Å²) in [5.74, 6) is -2.30. The molecule has 2 aliphatic heterocycles. The van der Waals surface area contributed by atoms with Crippen LogP contribution in [-0.2, 0) is 30.6 Å². The number of H-pyrrole nitrogens is 1. The summed E-state index contributed by atoms with van der Waals surface area (Å²) in [5.41, 5.74) is 0.409. The Labute approximate surface area is 189 Å². The van der Waals surface area contributed by atoms with E-state index in [4.69, 9.17) is 4.74 Å².